The van der Waals surface area contributed by atoms with E-state index in [9.17, 15) is 4.79 Å². The zero-order valence-corrected chi connectivity index (χ0v) is 21.0. The molecule has 9 heteroatoms. The van der Waals surface area contributed by atoms with Crippen molar-refractivity contribution in [1.82, 2.24) is 10.3 Å². The van der Waals surface area contributed by atoms with Crippen LogP contribution in [0.25, 0.3) is 6.08 Å². The molecule has 36 heavy (non-hydrogen) atoms. The number of alkyl carbamates (subject to hydrolysis) is 1. The monoisotopic (exact) mass is 492 g/mol. The number of nitrogens with zero attached hydrogens (tertiary/aromatic N) is 3. The summed E-state index contributed by atoms with van der Waals surface area (Å²) < 4.78 is 22.5. The van der Waals surface area contributed by atoms with Crippen LogP contribution in [-0.2, 0) is 27.2 Å². The number of nitrogens with one attached hydrogen (secondary N) is 1. The number of hydrogen-bond acceptors (Lipinski definition) is 8. The van der Waals surface area contributed by atoms with E-state index in [4.69, 9.17) is 28.9 Å². The summed E-state index contributed by atoms with van der Waals surface area (Å²) >= 11 is 0. The van der Waals surface area contributed by atoms with E-state index in [1.54, 1.807) is 26.6 Å². The summed E-state index contributed by atoms with van der Waals surface area (Å²) in [6, 6.07) is 9.15. The molecule has 2 aromatic rings. The molecule has 1 amide bonds. The minimum absolute atomic E-state index is 0.196. The zero-order chi connectivity index (χ0) is 25.5. The lowest BCUT2D eigenvalue weighted by atomic mass is 9.97. The van der Waals surface area contributed by atoms with Gasteiger partial charge in [0.15, 0.2) is 0 Å². The van der Waals surface area contributed by atoms with E-state index in [0.29, 0.717) is 30.6 Å². The van der Waals surface area contributed by atoms with Crippen molar-refractivity contribution in [3.63, 3.8) is 0 Å². The van der Waals surface area contributed by atoms with Gasteiger partial charge in [-0.05, 0) is 17.0 Å². The molecular formula is C27H32N4O5. The minimum atomic E-state index is -0.424. The van der Waals surface area contributed by atoms with Crippen molar-refractivity contribution in [1.29, 1.82) is 0 Å². The Kier molecular flexibility index (Phi) is 8.20. The Bertz CT molecular complexity index is 1150. The van der Waals surface area contributed by atoms with Crippen LogP contribution in [0.4, 0.5) is 4.79 Å². The highest BCUT2D eigenvalue weighted by atomic mass is 16.6. The quantitative estimate of drug-likeness (QED) is 0.601. The lowest BCUT2D eigenvalue weighted by molar-refractivity contribution is 0.177. The predicted octanol–water partition coefficient (Wildman–Crippen LogP) is 3.82. The van der Waals surface area contributed by atoms with Crippen LogP contribution in [0.2, 0.25) is 0 Å². The third-order valence-corrected chi connectivity index (χ3v) is 6.03. The second-order valence-corrected chi connectivity index (χ2v) is 8.94. The average molecular weight is 493 g/mol. The highest BCUT2D eigenvalue weighted by Crippen LogP contribution is 2.28. The third kappa shape index (κ3) is 6.02. The zero-order valence-electron chi connectivity index (χ0n) is 21.0. The van der Waals surface area contributed by atoms with E-state index in [1.807, 2.05) is 42.5 Å². The summed E-state index contributed by atoms with van der Waals surface area (Å²) in [5.74, 6) is 1.98. The van der Waals surface area contributed by atoms with Gasteiger partial charge in [0, 0.05) is 18.2 Å². The Morgan fingerprint density at radius 3 is 2.56 bits per heavy atom. The molecule has 1 saturated heterocycles. The second kappa shape index (κ2) is 11.7. The fraction of sp³-hybridized carbons (Fsp3) is 0.407. The molecule has 1 fully saturated rings. The standard InChI is InChI=1S/C27H32N4O5/c1-17(2)24-26(34-4)30-22(25(31-24)33-3)12-21-19(10-11-20-16-36-27(32)29-20)13-28-14-23(21)35-15-18-8-6-5-7-9-18/h5-11,13-14,17,20,22,24H,12,15-16H2,1-4H3,(H,29,32)/b11-10+/t20-,22-,24+/m0/s1. The van der Waals surface area contributed by atoms with Crippen LogP contribution in [0.5, 0.6) is 5.75 Å². The number of carbonyl (C=O) groups is 1. The smallest absolute Gasteiger partial charge is 0.407 e. The van der Waals surface area contributed by atoms with Gasteiger partial charge in [-0.1, -0.05) is 56.3 Å². The van der Waals surface area contributed by atoms with Crippen LogP contribution >= 0.6 is 0 Å². The van der Waals surface area contributed by atoms with Crippen LogP contribution in [0.1, 0.15) is 30.5 Å². The summed E-state index contributed by atoms with van der Waals surface area (Å²) in [6.45, 7) is 4.82. The number of carbonyl (C=O) groups excluding carboxylic acids is 1. The van der Waals surface area contributed by atoms with Crippen LogP contribution in [0.15, 0.2) is 58.8 Å². The lowest BCUT2D eigenvalue weighted by Crippen LogP contribution is -2.38. The molecule has 0 bridgehead atoms. The van der Waals surface area contributed by atoms with Crippen molar-refractivity contribution >= 4 is 24.0 Å². The Hall–Kier alpha value is -3.88. The first-order valence-electron chi connectivity index (χ1n) is 12.0. The molecular weight excluding hydrogens is 460 g/mol. The molecule has 2 aliphatic rings. The van der Waals surface area contributed by atoms with Crippen LogP contribution < -0.4 is 10.1 Å². The highest BCUT2D eigenvalue weighted by Gasteiger charge is 2.32. The first kappa shape index (κ1) is 25.2. The number of aliphatic imine (C=N–C) groups is 2. The van der Waals surface area contributed by atoms with Gasteiger partial charge in [0.25, 0.3) is 0 Å². The van der Waals surface area contributed by atoms with E-state index >= 15 is 0 Å². The Morgan fingerprint density at radius 2 is 1.89 bits per heavy atom. The number of methoxy groups -OCH3 is 2. The van der Waals surface area contributed by atoms with E-state index in [0.717, 1.165) is 16.7 Å². The highest BCUT2D eigenvalue weighted by molar-refractivity contribution is 5.94. The number of cyclic esters (lactones) is 1. The average Bonchev–Trinajstić information content (AvgIpc) is 3.32. The van der Waals surface area contributed by atoms with Crippen LogP contribution in [-0.4, -0.2) is 61.8 Å². The van der Waals surface area contributed by atoms with Crippen molar-refractivity contribution in [2.75, 3.05) is 20.8 Å². The molecule has 3 heterocycles. The molecule has 1 N–H and O–H groups in total. The van der Waals surface area contributed by atoms with E-state index < -0.39 is 6.09 Å². The SMILES string of the molecule is COC1=N[C@H](C(C)C)C(OC)=N[C@H]1Cc1c(/C=C/[C@H]2COC(=O)N2)cncc1OCc1ccccc1. The minimum Gasteiger partial charge on any atom is -0.487 e. The Balaban J connectivity index is 1.66. The number of aromatic nitrogens is 1. The van der Waals surface area contributed by atoms with Gasteiger partial charge in [0.05, 0.1) is 26.5 Å². The molecule has 1 aromatic heterocycles. The number of hydrogen-bond donors (Lipinski definition) is 1. The molecule has 3 atom stereocenters. The molecule has 190 valence electrons. The van der Waals surface area contributed by atoms with E-state index in [1.165, 1.54) is 0 Å². The first-order chi connectivity index (χ1) is 17.5. The number of amides is 1. The molecule has 0 aliphatic carbocycles. The van der Waals surface area contributed by atoms with Gasteiger partial charge in [-0.15, -0.1) is 0 Å². The van der Waals surface area contributed by atoms with Crippen molar-refractivity contribution in [2.45, 2.75) is 45.0 Å². The molecule has 2 aliphatic heterocycles. The summed E-state index contributed by atoms with van der Waals surface area (Å²) in [5.41, 5.74) is 2.79. The fourth-order valence-corrected chi connectivity index (χ4v) is 4.12. The van der Waals surface area contributed by atoms with Gasteiger partial charge in [0.2, 0.25) is 11.8 Å². The van der Waals surface area contributed by atoms with Gasteiger partial charge in [-0.3, -0.25) is 4.98 Å². The Morgan fingerprint density at radius 1 is 1.11 bits per heavy atom. The van der Waals surface area contributed by atoms with Crippen molar-refractivity contribution < 1.29 is 23.7 Å². The van der Waals surface area contributed by atoms with Crippen molar-refractivity contribution in [3.05, 3.63) is 65.5 Å². The number of ether oxygens (including phenoxy) is 4. The lowest BCUT2D eigenvalue weighted by Gasteiger charge is -2.27. The number of rotatable bonds is 8. The molecule has 4 rings (SSSR count). The summed E-state index contributed by atoms with van der Waals surface area (Å²) in [5, 5.41) is 2.75. The summed E-state index contributed by atoms with van der Waals surface area (Å²) in [6.07, 6.45) is 7.32. The maximum absolute atomic E-state index is 11.4. The molecule has 0 radical (unpaired) electrons. The topological polar surface area (TPSA) is 104 Å². The Labute approximate surface area is 211 Å². The predicted molar refractivity (Wildman–Crippen MR) is 137 cm³/mol. The van der Waals surface area contributed by atoms with Crippen molar-refractivity contribution in [2.24, 2.45) is 15.9 Å². The van der Waals surface area contributed by atoms with E-state index in [-0.39, 0.29) is 30.7 Å². The summed E-state index contributed by atoms with van der Waals surface area (Å²) in [4.78, 5) is 25.5. The maximum atomic E-state index is 11.4. The maximum Gasteiger partial charge on any atom is 0.407 e. The number of benzene rings is 1. The van der Waals surface area contributed by atoms with Gasteiger partial charge < -0.3 is 24.3 Å². The molecule has 0 spiro atoms. The van der Waals surface area contributed by atoms with Crippen LogP contribution in [0, 0.1) is 5.92 Å². The molecule has 9 nitrogen and oxygen atoms in total. The summed E-state index contributed by atoms with van der Waals surface area (Å²) in [7, 11) is 3.23. The van der Waals surface area contributed by atoms with Crippen molar-refractivity contribution in [3.8, 4) is 5.75 Å². The number of pyridine rings is 1. The first-order valence-corrected chi connectivity index (χ1v) is 12.0. The third-order valence-electron chi connectivity index (χ3n) is 6.03. The van der Waals surface area contributed by atoms with Gasteiger partial charge in [-0.2, -0.15) is 0 Å². The van der Waals surface area contributed by atoms with Crippen LogP contribution in [0.3, 0.4) is 0 Å². The molecule has 0 unspecified atom stereocenters. The van der Waals surface area contributed by atoms with Gasteiger partial charge in [-0.25, -0.2) is 14.8 Å². The van der Waals surface area contributed by atoms with Gasteiger partial charge >= 0.3 is 6.09 Å². The fourth-order valence-electron chi connectivity index (χ4n) is 4.12. The van der Waals surface area contributed by atoms with E-state index in [2.05, 4.69) is 24.1 Å². The molecule has 0 saturated carbocycles. The molecule has 1 aromatic carbocycles. The largest absolute Gasteiger partial charge is 0.487 e. The van der Waals surface area contributed by atoms with Gasteiger partial charge in [0.1, 0.15) is 31.0 Å². The normalized spacial score (nSPS) is 21.6. The second-order valence-electron chi connectivity index (χ2n) is 8.94.